The number of carbonyl (C=O) groups is 1. The van der Waals surface area contributed by atoms with Gasteiger partial charge in [0, 0.05) is 24.4 Å². The number of rotatable bonds is 13. The molecule has 1 N–H and O–H groups in total. The van der Waals surface area contributed by atoms with E-state index < -0.39 is 6.09 Å². The Hall–Kier alpha value is -2.31. The van der Waals surface area contributed by atoms with E-state index in [1.54, 1.807) is 0 Å². The van der Waals surface area contributed by atoms with Gasteiger partial charge >= 0.3 is 6.09 Å². The van der Waals surface area contributed by atoms with Gasteiger partial charge in [-0.3, -0.25) is 5.32 Å². The molecule has 1 amide bonds. The molecule has 0 unspecified atom stereocenters. The van der Waals surface area contributed by atoms with Crippen LogP contribution in [0, 0.1) is 6.92 Å². The van der Waals surface area contributed by atoms with Crippen molar-refractivity contribution in [2.24, 2.45) is 0 Å². The van der Waals surface area contributed by atoms with E-state index in [0.717, 1.165) is 30.7 Å². The zero-order valence-corrected chi connectivity index (χ0v) is 19.4. The number of amides is 1. The lowest BCUT2D eigenvalue weighted by molar-refractivity contribution is 0.0741. The largest absolute Gasteiger partial charge is 0.489 e. The minimum absolute atomic E-state index is 0.237. The summed E-state index contributed by atoms with van der Waals surface area (Å²) in [6.45, 7) is 10.7. The van der Waals surface area contributed by atoms with Gasteiger partial charge in [0.1, 0.15) is 19.0 Å². The van der Waals surface area contributed by atoms with E-state index in [-0.39, 0.29) is 6.61 Å². The SMILES string of the molecule is C/C=C(/CCN(C)C)c1c(C)cccc1OC/C=C(\C)NC(=O)OCCOCCC. The topological polar surface area (TPSA) is 60.0 Å². The van der Waals surface area contributed by atoms with Crippen LogP contribution < -0.4 is 10.1 Å². The molecule has 0 heterocycles. The van der Waals surface area contributed by atoms with Crippen molar-refractivity contribution in [3.63, 3.8) is 0 Å². The highest BCUT2D eigenvalue weighted by Gasteiger charge is 2.12. The number of hydrogen-bond acceptors (Lipinski definition) is 5. The molecule has 0 fully saturated rings. The first kappa shape index (κ1) is 25.7. The van der Waals surface area contributed by atoms with Gasteiger partial charge in [0.15, 0.2) is 0 Å². The standard InChI is InChI=1S/C24H38N2O4/c1-7-15-28-17-18-30-24(27)25-20(4)13-16-29-22-11-9-10-19(3)23(22)21(8-2)12-14-26(5)6/h8-11,13H,7,12,14-18H2,1-6H3,(H,25,27)/b20-13+,21-8-. The summed E-state index contributed by atoms with van der Waals surface area (Å²) in [5, 5.41) is 2.70. The predicted octanol–water partition coefficient (Wildman–Crippen LogP) is 4.79. The maximum Gasteiger partial charge on any atom is 0.411 e. The van der Waals surface area contributed by atoms with E-state index in [0.29, 0.717) is 25.5 Å². The van der Waals surface area contributed by atoms with E-state index in [1.165, 1.54) is 11.1 Å². The van der Waals surface area contributed by atoms with Crippen molar-refractivity contribution in [1.82, 2.24) is 10.2 Å². The lowest BCUT2D eigenvalue weighted by Gasteiger charge is -2.18. The summed E-state index contributed by atoms with van der Waals surface area (Å²) in [7, 11) is 4.15. The number of nitrogens with zero attached hydrogens (tertiary/aromatic N) is 1. The van der Waals surface area contributed by atoms with Crippen LogP contribution in [0.5, 0.6) is 5.75 Å². The summed E-state index contributed by atoms with van der Waals surface area (Å²) in [5.41, 5.74) is 4.28. The number of allylic oxidation sites excluding steroid dienone is 2. The van der Waals surface area contributed by atoms with Crippen molar-refractivity contribution in [2.45, 2.75) is 40.5 Å². The molecule has 0 saturated heterocycles. The first-order valence-electron chi connectivity index (χ1n) is 10.6. The molecular formula is C24H38N2O4. The molecular weight excluding hydrogens is 380 g/mol. The lowest BCUT2D eigenvalue weighted by Crippen LogP contribution is -2.24. The van der Waals surface area contributed by atoms with E-state index in [4.69, 9.17) is 14.2 Å². The highest BCUT2D eigenvalue weighted by atomic mass is 16.6. The molecule has 0 spiro atoms. The Morgan fingerprint density at radius 2 is 1.97 bits per heavy atom. The van der Waals surface area contributed by atoms with Crippen LogP contribution in [0.25, 0.3) is 5.57 Å². The fourth-order valence-corrected chi connectivity index (χ4v) is 2.87. The van der Waals surface area contributed by atoms with Gasteiger partial charge in [0.05, 0.1) is 6.61 Å². The molecule has 168 valence electrons. The molecule has 1 rings (SSSR count). The third kappa shape index (κ3) is 9.94. The Labute approximate surface area is 181 Å². The number of benzene rings is 1. The van der Waals surface area contributed by atoms with Gasteiger partial charge in [-0.05, 0) is 71.0 Å². The predicted molar refractivity (Wildman–Crippen MR) is 123 cm³/mol. The molecule has 1 aromatic rings. The summed E-state index contributed by atoms with van der Waals surface area (Å²) >= 11 is 0. The van der Waals surface area contributed by atoms with Crippen LogP contribution in [-0.4, -0.2) is 58.1 Å². The van der Waals surface area contributed by atoms with Gasteiger partial charge in [-0.1, -0.05) is 25.1 Å². The van der Waals surface area contributed by atoms with Crippen LogP contribution in [0.1, 0.15) is 44.7 Å². The zero-order valence-electron chi connectivity index (χ0n) is 19.4. The second-order valence-corrected chi connectivity index (χ2v) is 7.39. The summed E-state index contributed by atoms with van der Waals surface area (Å²) in [5.74, 6) is 0.849. The average molecular weight is 419 g/mol. The summed E-state index contributed by atoms with van der Waals surface area (Å²) in [4.78, 5) is 14.0. The van der Waals surface area contributed by atoms with Crippen molar-refractivity contribution in [3.05, 3.63) is 47.2 Å². The highest BCUT2D eigenvalue weighted by molar-refractivity contribution is 5.73. The molecule has 0 bridgehead atoms. The van der Waals surface area contributed by atoms with Gasteiger partial charge in [-0.25, -0.2) is 4.79 Å². The second-order valence-electron chi connectivity index (χ2n) is 7.39. The molecule has 1 aromatic carbocycles. The number of carbonyl (C=O) groups excluding carboxylic acids is 1. The summed E-state index contributed by atoms with van der Waals surface area (Å²) < 4.78 is 16.4. The third-order valence-corrected chi connectivity index (χ3v) is 4.47. The van der Waals surface area contributed by atoms with Crippen molar-refractivity contribution in [3.8, 4) is 5.75 Å². The molecule has 0 aliphatic carbocycles. The quantitative estimate of drug-likeness (QED) is 0.467. The molecule has 0 aliphatic heterocycles. The maximum atomic E-state index is 11.8. The molecule has 0 atom stereocenters. The van der Waals surface area contributed by atoms with Crippen molar-refractivity contribution < 1.29 is 19.0 Å². The maximum absolute atomic E-state index is 11.8. The molecule has 6 heteroatoms. The van der Waals surface area contributed by atoms with Gasteiger partial charge in [0.25, 0.3) is 0 Å². The highest BCUT2D eigenvalue weighted by Crippen LogP contribution is 2.31. The Balaban J connectivity index is 2.63. The van der Waals surface area contributed by atoms with Gasteiger partial charge < -0.3 is 19.1 Å². The second kappa shape index (κ2) is 14.6. The Morgan fingerprint density at radius 3 is 2.63 bits per heavy atom. The summed E-state index contributed by atoms with van der Waals surface area (Å²) in [6.07, 6.45) is 5.40. The van der Waals surface area contributed by atoms with Crippen LogP contribution in [-0.2, 0) is 9.47 Å². The minimum Gasteiger partial charge on any atom is -0.489 e. The number of nitrogens with one attached hydrogen (secondary N) is 1. The van der Waals surface area contributed by atoms with E-state index >= 15 is 0 Å². The van der Waals surface area contributed by atoms with Crippen LogP contribution in [0.2, 0.25) is 0 Å². The number of alkyl carbamates (subject to hydrolysis) is 1. The smallest absolute Gasteiger partial charge is 0.411 e. The Kier molecular flexibility index (Phi) is 12.6. The number of aryl methyl sites for hydroxylation is 1. The third-order valence-electron chi connectivity index (χ3n) is 4.47. The minimum atomic E-state index is -0.486. The zero-order chi connectivity index (χ0) is 22.4. The molecule has 0 aliphatic rings. The first-order chi connectivity index (χ1) is 14.4. The van der Waals surface area contributed by atoms with E-state index in [9.17, 15) is 4.79 Å². The average Bonchev–Trinajstić information content (AvgIpc) is 2.69. The van der Waals surface area contributed by atoms with Crippen molar-refractivity contribution in [1.29, 1.82) is 0 Å². The molecule has 30 heavy (non-hydrogen) atoms. The van der Waals surface area contributed by atoms with Gasteiger partial charge in [0.2, 0.25) is 0 Å². The molecule has 6 nitrogen and oxygen atoms in total. The number of hydrogen-bond donors (Lipinski definition) is 1. The molecule has 0 saturated carbocycles. The van der Waals surface area contributed by atoms with Gasteiger partial charge in [-0.15, -0.1) is 0 Å². The van der Waals surface area contributed by atoms with Crippen LogP contribution in [0.15, 0.2) is 36.0 Å². The van der Waals surface area contributed by atoms with E-state index in [2.05, 4.69) is 50.3 Å². The Morgan fingerprint density at radius 1 is 1.20 bits per heavy atom. The Bertz CT molecular complexity index is 711. The fraction of sp³-hybridized carbons (Fsp3) is 0.542. The first-order valence-corrected chi connectivity index (χ1v) is 10.6. The molecule has 0 radical (unpaired) electrons. The van der Waals surface area contributed by atoms with Crippen LogP contribution >= 0.6 is 0 Å². The monoisotopic (exact) mass is 418 g/mol. The van der Waals surface area contributed by atoms with Crippen molar-refractivity contribution in [2.75, 3.05) is 47.1 Å². The van der Waals surface area contributed by atoms with Crippen LogP contribution in [0.4, 0.5) is 4.79 Å². The molecule has 0 aromatic heterocycles. The van der Waals surface area contributed by atoms with E-state index in [1.807, 2.05) is 32.1 Å². The van der Waals surface area contributed by atoms with Crippen LogP contribution in [0.3, 0.4) is 0 Å². The normalized spacial score (nSPS) is 12.2. The lowest BCUT2D eigenvalue weighted by atomic mass is 9.96. The summed E-state index contributed by atoms with van der Waals surface area (Å²) in [6, 6.07) is 6.09. The fourth-order valence-electron chi connectivity index (χ4n) is 2.87. The van der Waals surface area contributed by atoms with Crippen molar-refractivity contribution >= 4 is 11.7 Å². The van der Waals surface area contributed by atoms with Gasteiger partial charge in [-0.2, -0.15) is 0 Å². The number of ether oxygens (including phenoxy) is 3.